The van der Waals surface area contributed by atoms with Gasteiger partial charge in [0.2, 0.25) is 0 Å². The number of aryl methyl sites for hydroxylation is 1. The number of amidine groups is 1. The SMILES string of the molecule is COc1cc(/C=C2\SC(=Nc3ccc(C)cc3)NC2=O)ccc1OS(=O)(=O)c1ccccc1. The van der Waals surface area contributed by atoms with Crippen molar-refractivity contribution in [2.24, 2.45) is 4.99 Å². The molecule has 1 N–H and O–H groups in total. The Balaban J connectivity index is 1.55. The standard InChI is InChI=1S/C24H20N2O5S2/c1-16-8-11-18(12-9-16)25-24-26-23(27)22(32-24)15-17-10-13-20(21(14-17)30-2)31-33(28,29)19-6-4-3-5-7-19/h3-15H,1-2H3,(H,25,26,27)/b22-15-. The van der Waals surface area contributed by atoms with Gasteiger partial charge in [-0.2, -0.15) is 8.42 Å². The Hall–Kier alpha value is -3.56. The highest BCUT2D eigenvalue weighted by atomic mass is 32.2. The smallest absolute Gasteiger partial charge is 0.339 e. The fraction of sp³-hybridized carbons (Fsp3) is 0.0833. The van der Waals surface area contributed by atoms with E-state index < -0.39 is 10.1 Å². The predicted molar refractivity (Wildman–Crippen MR) is 129 cm³/mol. The lowest BCUT2D eigenvalue weighted by Gasteiger charge is -2.11. The van der Waals surface area contributed by atoms with Gasteiger partial charge in [0.15, 0.2) is 16.7 Å². The highest BCUT2D eigenvalue weighted by Crippen LogP contribution is 2.33. The number of nitrogens with zero attached hydrogens (tertiary/aromatic N) is 1. The maximum Gasteiger partial charge on any atom is 0.339 e. The fourth-order valence-electron chi connectivity index (χ4n) is 2.96. The van der Waals surface area contributed by atoms with Gasteiger partial charge in [0.1, 0.15) is 4.90 Å². The van der Waals surface area contributed by atoms with Crippen LogP contribution in [0, 0.1) is 6.92 Å². The monoisotopic (exact) mass is 480 g/mol. The lowest BCUT2D eigenvalue weighted by Crippen LogP contribution is -2.19. The minimum absolute atomic E-state index is 0.0395. The molecule has 0 atom stereocenters. The summed E-state index contributed by atoms with van der Waals surface area (Å²) in [5.41, 5.74) is 2.51. The zero-order valence-electron chi connectivity index (χ0n) is 17.8. The number of amides is 1. The first kappa shape index (κ1) is 22.6. The van der Waals surface area contributed by atoms with E-state index in [9.17, 15) is 13.2 Å². The van der Waals surface area contributed by atoms with E-state index in [-0.39, 0.29) is 22.3 Å². The van der Waals surface area contributed by atoms with Crippen molar-refractivity contribution in [3.63, 3.8) is 0 Å². The predicted octanol–water partition coefficient (Wildman–Crippen LogP) is 4.66. The first-order valence-corrected chi connectivity index (χ1v) is 12.1. The van der Waals surface area contributed by atoms with Crippen LogP contribution in [-0.4, -0.2) is 26.6 Å². The van der Waals surface area contributed by atoms with Crippen molar-refractivity contribution >= 4 is 44.7 Å². The molecule has 3 aromatic rings. The number of thioether (sulfide) groups is 1. The molecule has 1 heterocycles. The van der Waals surface area contributed by atoms with Crippen LogP contribution in [0.2, 0.25) is 0 Å². The number of ether oxygens (including phenoxy) is 1. The van der Waals surface area contributed by atoms with Crippen LogP contribution in [-0.2, 0) is 14.9 Å². The third kappa shape index (κ3) is 5.44. The second-order valence-electron chi connectivity index (χ2n) is 7.08. The second-order valence-corrected chi connectivity index (χ2v) is 9.66. The summed E-state index contributed by atoms with van der Waals surface area (Å²) in [6.45, 7) is 1.99. The number of carbonyl (C=O) groups is 1. The Morgan fingerprint density at radius 2 is 1.70 bits per heavy atom. The molecule has 3 aromatic carbocycles. The van der Waals surface area contributed by atoms with Crippen molar-refractivity contribution < 1.29 is 22.1 Å². The first-order chi connectivity index (χ1) is 15.8. The molecule has 0 saturated carbocycles. The molecule has 0 radical (unpaired) electrons. The van der Waals surface area contributed by atoms with E-state index in [0.29, 0.717) is 15.6 Å². The fourth-order valence-corrected chi connectivity index (χ4v) is 4.77. The van der Waals surface area contributed by atoms with Gasteiger partial charge in [-0.15, -0.1) is 0 Å². The molecule has 0 aromatic heterocycles. The number of hydrogen-bond acceptors (Lipinski definition) is 7. The normalized spacial score (nSPS) is 16.1. The third-order valence-corrected chi connectivity index (χ3v) is 6.79. The zero-order valence-corrected chi connectivity index (χ0v) is 19.4. The number of hydrogen-bond donors (Lipinski definition) is 1. The van der Waals surface area contributed by atoms with E-state index in [2.05, 4.69) is 10.3 Å². The van der Waals surface area contributed by atoms with Crippen molar-refractivity contribution in [3.8, 4) is 11.5 Å². The summed E-state index contributed by atoms with van der Waals surface area (Å²) >= 11 is 1.22. The maximum absolute atomic E-state index is 12.5. The molecule has 0 bridgehead atoms. The van der Waals surface area contributed by atoms with Crippen molar-refractivity contribution in [3.05, 3.63) is 88.8 Å². The summed E-state index contributed by atoms with van der Waals surface area (Å²) < 4.78 is 35.6. The van der Waals surface area contributed by atoms with Crippen molar-refractivity contribution in [1.82, 2.24) is 5.32 Å². The average Bonchev–Trinajstić information content (AvgIpc) is 3.15. The lowest BCUT2D eigenvalue weighted by atomic mass is 10.2. The Bertz CT molecular complexity index is 1350. The maximum atomic E-state index is 12.5. The van der Waals surface area contributed by atoms with Crippen LogP contribution in [0.1, 0.15) is 11.1 Å². The quantitative estimate of drug-likeness (QED) is 0.407. The van der Waals surface area contributed by atoms with E-state index in [1.54, 1.807) is 36.4 Å². The second kappa shape index (κ2) is 9.51. The number of methoxy groups -OCH3 is 1. The molecule has 9 heteroatoms. The van der Waals surface area contributed by atoms with E-state index >= 15 is 0 Å². The molecule has 1 saturated heterocycles. The number of benzene rings is 3. The Labute approximate surface area is 196 Å². The number of rotatable bonds is 6. The van der Waals surface area contributed by atoms with Gasteiger partial charge < -0.3 is 14.2 Å². The lowest BCUT2D eigenvalue weighted by molar-refractivity contribution is -0.115. The minimum atomic E-state index is -4.01. The molecule has 1 fully saturated rings. The molecule has 168 valence electrons. The van der Waals surface area contributed by atoms with E-state index in [4.69, 9.17) is 8.92 Å². The molecule has 0 unspecified atom stereocenters. The molecule has 1 amide bonds. The summed E-state index contributed by atoms with van der Waals surface area (Å²) in [7, 11) is -2.59. The van der Waals surface area contributed by atoms with Gasteiger partial charge in [0, 0.05) is 0 Å². The van der Waals surface area contributed by atoms with Gasteiger partial charge in [-0.25, -0.2) is 4.99 Å². The van der Waals surface area contributed by atoms with E-state index in [0.717, 1.165) is 11.3 Å². The van der Waals surface area contributed by atoms with Gasteiger partial charge >= 0.3 is 10.1 Å². The molecule has 0 spiro atoms. The molecule has 33 heavy (non-hydrogen) atoms. The number of aliphatic imine (C=N–C) groups is 1. The van der Waals surface area contributed by atoms with Gasteiger partial charge in [0.05, 0.1) is 17.7 Å². The van der Waals surface area contributed by atoms with Crippen LogP contribution in [0.5, 0.6) is 11.5 Å². The van der Waals surface area contributed by atoms with E-state index in [1.165, 1.54) is 37.1 Å². The highest BCUT2D eigenvalue weighted by Gasteiger charge is 2.24. The Kier molecular flexibility index (Phi) is 6.52. The number of nitrogens with one attached hydrogen (secondary N) is 1. The summed E-state index contributed by atoms with van der Waals surface area (Å²) in [6.07, 6.45) is 1.68. The van der Waals surface area contributed by atoms with Gasteiger partial charge in [0.25, 0.3) is 5.91 Å². The van der Waals surface area contributed by atoms with Crippen LogP contribution < -0.4 is 14.2 Å². The van der Waals surface area contributed by atoms with Crippen molar-refractivity contribution in [1.29, 1.82) is 0 Å². The molecular formula is C24H20N2O5S2. The molecule has 0 aliphatic carbocycles. The summed E-state index contributed by atoms with van der Waals surface area (Å²) in [6, 6.07) is 20.2. The minimum Gasteiger partial charge on any atom is -0.493 e. The first-order valence-electron chi connectivity index (χ1n) is 9.88. The van der Waals surface area contributed by atoms with Crippen LogP contribution in [0.25, 0.3) is 6.08 Å². The Morgan fingerprint density at radius 3 is 2.39 bits per heavy atom. The van der Waals surface area contributed by atoms with Crippen LogP contribution >= 0.6 is 11.8 Å². The summed E-state index contributed by atoms with van der Waals surface area (Å²) in [4.78, 5) is 17.3. The molecule has 1 aliphatic rings. The Morgan fingerprint density at radius 1 is 0.970 bits per heavy atom. The van der Waals surface area contributed by atoms with Crippen molar-refractivity contribution in [2.45, 2.75) is 11.8 Å². The third-order valence-electron chi connectivity index (χ3n) is 4.63. The molecular weight excluding hydrogens is 460 g/mol. The van der Waals surface area contributed by atoms with Crippen LogP contribution in [0.15, 0.2) is 87.6 Å². The average molecular weight is 481 g/mol. The van der Waals surface area contributed by atoms with Crippen LogP contribution in [0.3, 0.4) is 0 Å². The topological polar surface area (TPSA) is 94.1 Å². The largest absolute Gasteiger partial charge is 0.493 e. The van der Waals surface area contributed by atoms with Crippen molar-refractivity contribution in [2.75, 3.05) is 7.11 Å². The number of carbonyl (C=O) groups excluding carboxylic acids is 1. The van der Waals surface area contributed by atoms with Gasteiger partial charge in [-0.05, 0) is 66.7 Å². The summed E-state index contributed by atoms with van der Waals surface area (Å²) in [5.74, 6) is 0.00581. The molecule has 7 nitrogen and oxygen atoms in total. The summed E-state index contributed by atoms with van der Waals surface area (Å²) in [5, 5.41) is 3.23. The molecule has 4 rings (SSSR count). The van der Waals surface area contributed by atoms with Gasteiger partial charge in [-0.3, -0.25) is 4.79 Å². The van der Waals surface area contributed by atoms with E-state index in [1.807, 2.05) is 31.2 Å². The molecule has 1 aliphatic heterocycles. The van der Waals surface area contributed by atoms with Gasteiger partial charge in [-0.1, -0.05) is 42.0 Å². The van der Waals surface area contributed by atoms with Crippen LogP contribution in [0.4, 0.5) is 5.69 Å². The highest BCUT2D eigenvalue weighted by molar-refractivity contribution is 8.18. The zero-order chi connectivity index (χ0) is 23.4.